The van der Waals surface area contributed by atoms with Gasteiger partial charge in [0.1, 0.15) is 11.2 Å². The largest absolute Gasteiger partial charge is 0.455 e. The lowest BCUT2D eigenvalue weighted by molar-refractivity contribution is 0.660. The molecule has 0 radical (unpaired) electrons. The van der Waals surface area contributed by atoms with Crippen LogP contribution in [0.25, 0.3) is 77.6 Å². The van der Waals surface area contributed by atoms with Crippen molar-refractivity contribution >= 4 is 39.0 Å². The van der Waals surface area contributed by atoms with Gasteiger partial charge in [-0.15, -0.1) is 0 Å². The molecule has 2 aliphatic rings. The van der Waals surface area contributed by atoms with Gasteiger partial charge in [-0.3, -0.25) is 0 Å². The predicted octanol–water partition coefficient (Wildman–Crippen LogP) is 16.7. The number of hydrogen-bond donors (Lipinski definition) is 0. The summed E-state index contributed by atoms with van der Waals surface area (Å²) in [6.45, 7) is 9.41. The fourth-order valence-corrected chi connectivity index (χ4v) is 10.6. The Hall–Kier alpha value is -7.42. The number of rotatable bonds is 6. The normalized spacial score (nSPS) is 14.1. The van der Waals surface area contributed by atoms with Crippen LogP contribution in [-0.4, -0.2) is 0 Å². The summed E-state index contributed by atoms with van der Waals surface area (Å²) in [5.74, 6) is 0. The first-order valence-electron chi connectivity index (χ1n) is 21.7. The Morgan fingerprint density at radius 3 is 1.37 bits per heavy atom. The molecular formula is C60H45NO. The Balaban J connectivity index is 0.974. The molecule has 10 aromatic rings. The van der Waals surface area contributed by atoms with Gasteiger partial charge in [-0.1, -0.05) is 173 Å². The molecule has 296 valence electrons. The van der Waals surface area contributed by atoms with E-state index in [9.17, 15) is 0 Å². The molecule has 0 fully saturated rings. The first-order valence-corrected chi connectivity index (χ1v) is 21.7. The zero-order chi connectivity index (χ0) is 41.7. The monoisotopic (exact) mass is 795 g/mol. The third-order valence-corrected chi connectivity index (χ3v) is 13.9. The van der Waals surface area contributed by atoms with Crippen LogP contribution in [0, 0.1) is 0 Å². The van der Waals surface area contributed by atoms with Crippen molar-refractivity contribution in [3.8, 4) is 55.6 Å². The van der Waals surface area contributed by atoms with E-state index in [1.165, 1.54) is 66.8 Å². The predicted molar refractivity (Wildman–Crippen MR) is 260 cm³/mol. The standard InChI is InChI=1S/C60H45NO/c1-59(2)53-23-8-5-18-47(53)49-32-28-41(36-55(49)59)39-14-11-16-44(34-39)61(43-30-26-38(27-31-43)46-21-13-22-52-51-20-7-10-25-57(51)62-58(46)52)45-17-12-15-40(35-45)42-29-33-50-48-19-6-9-24-54(48)60(3,4)56(50)37-42/h5-37H,1-4H3. The summed E-state index contributed by atoms with van der Waals surface area (Å²) < 4.78 is 6.47. The second-order valence-corrected chi connectivity index (χ2v) is 18.1. The molecule has 0 saturated carbocycles. The van der Waals surface area contributed by atoms with E-state index < -0.39 is 0 Å². The highest BCUT2D eigenvalue weighted by atomic mass is 16.3. The minimum Gasteiger partial charge on any atom is -0.455 e. The molecule has 0 amide bonds. The van der Waals surface area contributed by atoms with Crippen LogP contribution in [0.2, 0.25) is 0 Å². The number of hydrogen-bond acceptors (Lipinski definition) is 2. The van der Waals surface area contributed by atoms with Crippen molar-refractivity contribution in [2.24, 2.45) is 0 Å². The van der Waals surface area contributed by atoms with Gasteiger partial charge in [0.15, 0.2) is 0 Å². The van der Waals surface area contributed by atoms with Crippen LogP contribution in [0.4, 0.5) is 17.1 Å². The molecule has 2 aliphatic carbocycles. The number of furan rings is 1. The summed E-state index contributed by atoms with van der Waals surface area (Å²) in [4.78, 5) is 2.40. The first kappa shape index (κ1) is 36.4. The summed E-state index contributed by atoms with van der Waals surface area (Å²) in [7, 11) is 0. The Labute approximate surface area is 363 Å². The topological polar surface area (TPSA) is 16.4 Å². The molecule has 0 bridgehead atoms. The fourth-order valence-electron chi connectivity index (χ4n) is 10.6. The number of para-hydroxylation sites is 2. The van der Waals surface area contributed by atoms with Gasteiger partial charge in [0.2, 0.25) is 0 Å². The zero-order valence-electron chi connectivity index (χ0n) is 35.4. The Bertz CT molecular complexity index is 3270. The fraction of sp³-hybridized carbons (Fsp3) is 0.100. The van der Waals surface area contributed by atoms with Crippen LogP contribution in [-0.2, 0) is 10.8 Å². The van der Waals surface area contributed by atoms with Crippen LogP contribution >= 0.6 is 0 Å². The van der Waals surface area contributed by atoms with Gasteiger partial charge in [-0.25, -0.2) is 0 Å². The maximum absolute atomic E-state index is 6.47. The van der Waals surface area contributed by atoms with Crippen LogP contribution < -0.4 is 4.90 Å². The molecule has 0 unspecified atom stereocenters. The van der Waals surface area contributed by atoms with Gasteiger partial charge in [-0.05, 0) is 127 Å². The summed E-state index contributed by atoms with van der Waals surface area (Å²) in [5, 5.41) is 2.27. The first-order chi connectivity index (χ1) is 30.2. The Kier molecular flexibility index (Phi) is 7.96. The van der Waals surface area contributed by atoms with Crippen LogP contribution in [0.5, 0.6) is 0 Å². The lowest BCUT2D eigenvalue weighted by atomic mass is 9.81. The highest BCUT2D eigenvalue weighted by molar-refractivity contribution is 6.09. The van der Waals surface area contributed by atoms with Crippen molar-refractivity contribution in [3.05, 3.63) is 222 Å². The second-order valence-electron chi connectivity index (χ2n) is 18.1. The quantitative estimate of drug-likeness (QED) is 0.167. The number of fused-ring (bicyclic) bond motifs is 9. The van der Waals surface area contributed by atoms with Gasteiger partial charge >= 0.3 is 0 Å². The van der Waals surface area contributed by atoms with Crippen molar-refractivity contribution in [1.29, 1.82) is 0 Å². The van der Waals surface area contributed by atoms with Crippen molar-refractivity contribution in [2.75, 3.05) is 4.90 Å². The average molecular weight is 796 g/mol. The van der Waals surface area contributed by atoms with Crippen molar-refractivity contribution in [2.45, 2.75) is 38.5 Å². The Morgan fingerprint density at radius 1 is 0.323 bits per heavy atom. The minimum absolute atomic E-state index is 0.0734. The third-order valence-electron chi connectivity index (χ3n) is 13.9. The van der Waals surface area contributed by atoms with E-state index in [1.807, 2.05) is 12.1 Å². The molecule has 1 aromatic heterocycles. The molecule has 0 N–H and O–H groups in total. The Morgan fingerprint density at radius 2 is 0.774 bits per heavy atom. The summed E-state index contributed by atoms with van der Waals surface area (Å²) >= 11 is 0. The third kappa shape index (κ3) is 5.49. The van der Waals surface area contributed by atoms with Crippen LogP contribution in [0.3, 0.4) is 0 Å². The lowest BCUT2D eigenvalue weighted by Gasteiger charge is -2.27. The van der Waals surface area contributed by atoms with E-state index >= 15 is 0 Å². The molecule has 0 saturated heterocycles. The number of nitrogens with zero attached hydrogens (tertiary/aromatic N) is 1. The van der Waals surface area contributed by atoms with Crippen LogP contribution in [0.15, 0.2) is 205 Å². The maximum atomic E-state index is 6.47. The molecule has 2 heteroatoms. The molecule has 1 heterocycles. The molecular weight excluding hydrogens is 751 g/mol. The average Bonchev–Trinajstić information content (AvgIpc) is 3.89. The lowest BCUT2D eigenvalue weighted by Crippen LogP contribution is -2.15. The van der Waals surface area contributed by atoms with E-state index in [0.717, 1.165) is 50.1 Å². The molecule has 9 aromatic carbocycles. The molecule has 62 heavy (non-hydrogen) atoms. The van der Waals surface area contributed by atoms with E-state index in [-0.39, 0.29) is 10.8 Å². The van der Waals surface area contributed by atoms with E-state index in [1.54, 1.807) is 0 Å². The second kappa shape index (κ2) is 13.5. The molecule has 0 atom stereocenters. The maximum Gasteiger partial charge on any atom is 0.143 e. The van der Waals surface area contributed by atoms with Gasteiger partial charge in [0.05, 0.1) is 0 Å². The smallest absolute Gasteiger partial charge is 0.143 e. The van der Waals surface area contributed by atoms with Crippen LogP contribution in [0.1, 0.15) is 49.9 Å². The highest BCUT2D eigenvalue weighted by Gasteiger charge is 2.36. The summed E-state index contributed by atoms with van der Waals surface area (Å²) in [6.07, 6.45) is 0. The molecule has 0 spiro atoms. The highest BCUT2D eigenvalue weighted by Crippen LogP contribution is 2.51. The van der Waals surface area contributed by atoms with Crippen molar-refractivity contribution < 1.29 is 4.42 Å². The molecule has 12 rings (SSSR count). The zero-order valence-corrected chi connectivity index (χ0v) is 35.4. The van der Waals surface area contributed by atoms with Crippen molar-refractivity contribution in [3.63, 3.8) is 0 Å². The van der Waals surface area contributed by atoms with E-state index in [4.69, 9.17) is 4.42 Å². The summed E-state index contributed by atoms with van der Waals surface area (Å²) in [6, 6.07) is 73.6. The van der Waals surface area contributed by atoms with Gasteiger partial charge in [0.25, 0.3) is 0 Å². The summed E-state index contributed by atoms with van der Waals surface area (Å²) in [5.41, 5.74) is 22.9. The van der Waals surface area contributed by atoms with Gasteiger partial charge in [0, 0.05) is 44.2 Å². The number of benzene rings is 9. The SMILES string of the molecule is CC1(C)c2ccccc2-c2ccc(-c3cccc(N(c4ccc(-c5cccc6c5oc5ccccc56)cc4)c4cccc(-c5ccc6c(c5)C(C)(C)c5ccccc5-6)c4)c3)cc21. The van der Waals surface area contributed by atoms with Gasteiger partial charge in [-0.2, -0.15) is 0 Å². The van der Waals surface area contributed by atoms with E-state index in [2.05, 4.69) is 221 Å². The van der Waals surface area contributed by atoms with Crippen molar-refractivity contribution in [1.82, 2.24) is 0 Å². The van der Waals surface area contributed by atoms with E-state index in [0.29, 0.717) is 0 Å². The molecule has 2 nitrogen and oxygen atoms in total. The molecule has 0 aliphatic heterocycles. The minimum atomic E-state index is -0.0734. The van der Waals surface area contributed by atoms with Gasteiger partial charge < -0.3 is 9.32 Å². The number of anilines is 3.